The zero-order valence-electron chi connectivity index (χ0n) is 8.57. The monoisotopic (exact) mass is 271 g/mol. The van der Waals surface area contributed by atoms with Gasteiger partial charge in [0.05, 0.1) is 6.20 Å². The van der Waals surface area contributed by atoms with Crippen molar-refractivity contribution in [2.75, 3.05) is 30.3 Å². The number of halogens is 1. The molecule has 2 rings (SSSR count). The first-order valence-corrected chi connectivity index (χ1v) is 5.72. The van der Waals surface area contributed by atoms with Crippen LogP contribution in [0.15, 0.2) is 10.8 Å². The Morgan fingerprint density at radius 1 is 1.67 bits per heavy atom. The highest BCUT2D eigenvalue weighted by atomic mass is 79.9. The van der Waals surface area contributed by atoms with Gasteiger partial charge in [0.1, 0.15) is 4.60 Å². The van der Waals surface area contributed by atoms with Crippen molar-refractivity contribution in [1.82, 2.24) is 15.3 Å². The van der Waals surface area contributed by atoms with Crippen LogP contribution < -0.4 is 16.0 Å². The van der Waals surface area contributed by atoms with E-state index in [4.69, 9.17) is 5.73 Å². The molecule has 1 aliphatic rings. The zero-order valence-corrected chi connectivity index (χ0v) is 10.2. The molecule has 0 saturated carbocycles. The minimum atomic E-state index is 0.457. The average molecular weight is 272 g/mol. The van der Waals surface area contributed by atoms with Gasteiger partial charge in [-0.3, -0.25) is 0 Å². The van der Waals surface area contributed by atoms with Gasteiger partial charge in [0.2, 0.25) is 0 Å². The summed E-state index contributed by atoms with van der Waals surface area (Å²) in [5, 5.41) is 3.37. The largest absolute Gasteiger partial charge is 0.381 e. The molecule has 1 saturated heterocycles. The van der Waals surface area contributed by atoms with Gasteiger partial charge in [0.25, 0.3) is 0 Å². The van der Waals surface area contributed by atoms with E-state index in [1.807, 2.05) is 0 Å². The fourth-order valence-electron chi connectivity index (χ4n) is 1.73. The van der Waals surface area contributed by atoms with Crippen LogP contribution in [0.1, 0.15) is 6.92 Å². The molecule has 0 radical (unpaired) electrons. The summed E-state index contributed by atoms with van der Waals surface area (Å²) in [5.41, 5.74) is 5.81. The Kier molecular flexibility index (Phi) is 3.06. The first kappa shape index (κ1) is 10.6. The Labute approximate surface area is 97.2 Å². The van der Waals surface area contributed by atoms with Crippen LogP contribution in [0.5, 0.6) is 0 Å². The standard InChI is InChI=1S/C9H14BrN5/c1-6-5-15(3-2-12-6)9-8(11)13-4-7(10)14-9/h4,6,12H,2-3,5H2,1H3,(H2,11,13). The number of nitrogens with one attached hydrogen (secondary N) is 1. The fourth-order valence-corrected chi connectivity index (χ4v) is 2.00. The van der Waals surface area contributed by atoms with Crippen LogP contribution in [0, 0.1) is 0 Å². The normalized spacial score (nSPS) is 21.7. The molecule has 1 aromatic rings. The molecule has 2 heterocycles. The topological polar surface area (TPSA) is 67.1 Å². The predicted octanol–water partition coefficient (Wildman–Crippen LogP) is 0.619. The lowest BCUT2D eigenvalue weighted by molar-refractivity contribution is 0.482. The van der Waals surface area contributed by atoms with E-state index in [0.717, 1.165) is 30.1 Å². The van der Waals surface area contributed by atoms with E-state index in [2.05, 4.69) is 43.0 Å². The first-order valence-electron chi connectivity index (χ1n) is 4.93. The second kappa shape index (κ2) is 4.32. The summed E-state index contributed by atoms with van der Waals surface area (Å²) in [5.74, 6) is 1.27. The van der Waals surface area contributed by atoms with Gasteiger partial charge in [-0.15, -0.1) is 0 Å². The number of aromatic nitrogens is 2. The molecule has 1 aromatic heterocycles. The molecule has 5 nitrogen and oxygen atoms in total. The fraction of sp³-hybridized carbons (Fsp3) is 0.556. The number of hydrogen-bond acceptors (Lipinski definition) is 5. The molecule has 1 unspecified atom stereocenters. The van der Waals surface area contributed by atoms with Crippen molar-refractivity contribution in [2.24, 2.45) is 0 Å². The summed E-state index contributed by atoms with van der Waals surface area (Å²) in [6.07, 6.45) is 1.62. The first-order chi connectivity index (χ1) is 7.16. The van der Waals surface area contributed by atoms with E-state index in [1.54, 1.807) is 6.20 Å². The van der Waals surface area contributed by atoms with E-state index in [1.165, 1.54) is 0 Å². The molecule has 1 aliphatic heterocycles. The Morgan fingerprint density at radius 3 is 3.20 bits per heavy atom. The van der Waals surface area contributed by atoms with Gasteiger partial charge < -0.3 is 16.0 Å². The Hall–Kier alpha value is -0.880. The van der Waals surface area contributed by atoms with E-state index in [0.29, 0.717) is 11.9 Å². The maximum absolute atomic E-state index is 5.81. The van der Waals surface area contributed by atoms with Crippen molar-refractivity contribution in [3.05, 3.63) is 10.8 Å². The summed E-state index contributed by atoms with van der Waals surface area (Å²) in [7, 11) is 0. The molecular formula is C9H14BrN5. The maximum Gasteiger partial charge on any atom is 0.172 e. The third kappa shape index (κ3) is 2.38. The molecule has 0 aromatic carbocycles. The molecule has 6 heteroatoms. The molecule has 0 aliphatic carbocycles. The molecule has 15 heavy (non-hydrogen) atoms. The molecule has 0 amide bonds. The van der Waals surface area contributed by atoms with Crippen LogP contribution >= 0.6 is 15.9 Å². The predicted molar refractivity (Wildman–Crippen MR) is 63.8 cm³/mol. The molecule has 3 N–H and O–H groups in total. The highest BCUT2D eigenvalue weighted by Crippen LogP contribution is 2.21. The van der Waals surface area contributed by atoms with Crippen LogP contribution in [0.4, 0.5) is 11.6 Å². The van der Waals surface area contributed by atoms with Crippen LogP contribution in [-0.2, 0) is 0 Å². The maximum atomic E-state index is 5.81. The number of anilines is 2. The second-order valence-electron chi connectivity index (χ2n) is 3.70. The molecule has 1 atom stereocenters. The van der Waals surface area contributed by atoms with Gasteiger partial charge in [-0.2, -0.15) is 0 Å². The average Bonchev–Trinajstić information content (AvgIpc) is 2.22. The second-order valence-corrected chi connectivity index (χ2v) is 4.52. The molecule has 82 valence electrons. The summed E-state index contributed by atoms with van der Waals surface area (Å²) in [6, 6.07) is 0.457. The van der Waals surface area contributed by atoms with Crippen LogP contribution in [-0.4, -0.2) is 35.6 Å². The van der Waals surface area contributed by atoms with Crippen molar-refractivity contribution < 1.29 is 0 Å². The highest BCUT2D eigenvalue weighted by molar-refractivity contribution is 9.10. The van der Waals surface area contributed by atoms with Gasteiger partial charge in [-0.25, -0.2) is 9.97 Å². The minimum Gasteiger partial charge on any atom is -0.381 e. The van der Waals surface area contributed by atoms with E-state index >= 15 is 0 Å². The van der Waals surface area contributed by atoms with E-state index < -0.39 is 0 Å². The lowest BCUT2D eigenvalue weighted by Crippen LogP contribution is -2.49. The Balaban J connectivity index is 2.24. The quantitative estimate of drug-likeness (QED) is 0.784. The smallest absolute Gasteiger partial charge is 0.172 e. The molecule has 1 fully saturated rings. The third-order valence-electron chi connectivity index (χ3n) is 2.42. The minimum absolute atomic E-state index is 0.457. The lowest BCUT2D eigenvalue weighted by atomic mass is 10.2. The van der Waals surface area contributed by atoms with Crippen LogP contribution in [0.3, 0.4) is 0 Å². The molecule has 0 spiro atoms. The summed E-state index contributed by atoms with van der Waals surface area (Å²) >= 11 is 3.31. The van der Waals surface area contributed by atoms with Crippen molar-refractivity contribution in [1.29, 1.82) is 0 Å². The summed E-state index contributed by atoms with van der Waals surface area (Å²) < 4.78 is 0.720. The zero-order chi connectivity index (χ0) is 10.8. The van der Waals surface area contributed by atoms with Crippen LogP contribution in [0.25, 0.3) is 0 Å². The SMILES string of the molecule is CC1CN(c2nc(Br)cnc2N)CCN1. The third-order valence-corrected chi connectivity index (χ3v) is 2.80. The number of rotatable bonds is 1. The number of piperazine rings is 1. The molecule has 0 bridgehead atoms. The van der Waals surface area contributed by atoms with Gasteiger partial charge in [0, 0.05) is 25.7 Å². The summed E-state index contributed by atoms with van der Waals surface area (Å²) in [6.45, 7) is 4.93. The summed E-state index contributed by atoms with van der Waals surface area (Å²) in [4.78, 5) is 10.6. The van der Waals surface area contributed by atoms with Crippen molar-refractivity contribution in [3.8, 4) is 0 Å². The number of nitrogens with zero attached hydrogens (tertiary/aromatic N) is 3. The van der Waals surface area contributed by atoms with Gasteiger partial charge in [-0.1, -0.05) is 0 Å². The van der Waals surface area contributed by atoms with Gasteiger partial charge in [-0.05, 0) is 22.9 Å². The number of nitrogens with two attached hydrogens (primary N) is 1. The highest BCUT2D eigenvalue weighted by Gasteiger charge is 2.19. The number of nitrogen functional groups attached to an aromatic ring is 1. The Morgan fingerprint density at radius 2 is 2.47 bits per heavy atom. The number of hydrogen-bond donors (Lipinski definition) is 2. The van der Waals surface area contributed by atoms with Crippen molar-refractivity contribution >= 4 is 27.6 Å². The Bertz CT molecular complexity index is 356. The van der Waals surface area contributed by atoms with Crippen molar-refractivity contribution in [2.45, 2.75) is 13.0 Å². The van der Waals surface area contributed by atoms with E-state index in [9.17, 15) is 0 Å². The molecular weight excluding hydrogens is 258 g/mol. The van der Waals surface area contributed by atoms with Crippen molar-refractivity contribution in [3.63, 3.8) is 0 Å². The van der Waals surface area contributed by atoms with Gasteiger partial charge in [0.15, 0.2) is 11.6 Å². The van der Waals surface area contributed by atoms with Crippen LogP contribution in [0.2, 0.25) is 0 Å². The van der Waals surface area contributed by atoms with E-state index in [-0.39, 0.29) is 0 Å². The van der Waals surface area contributed by atoms with Gasteiger partial charge >= 0.3 is 0 Å². The lowest BCUT2D eigenvalue weighted by Gasteiger charge is -2.33.